The summed E-state index contributed by atoms with van der Waals surface area (Å²) >= 11 is 0. The Kier molecular flexibility index (Phi) is 12.5. The SMILES string of the molecule is Cc1c(COCCCN)c(C)c(COCCCN)c(C)c1COCCCN. The van der Waals surface area contributed by atoms with Crippen molar-refractivity contribution in [1.29, 1.82) is 0 Å². The van der Waals surface area contributed by atoms with Crippen molar-refractivity contribution in [2.75, 3.05) is 39.5 Å². The first-order valence-corrected chi connectivity index (χ1v) is 10.0. The first kappa shape index (κ1) is 24.0. The van der Waals surface area contributed by atoms with Gasteiger partial charge in [0.2, 0.25) is 0 Å². The molecule has 6 nitrogen and oxygen atoms in total. The van der Waals surface area contributed by atoms with Crippen LogP contribution in [0.3, 0.4) is 0 Å². The molecule has 1 aromatic rings. The third kappa shape index (κ3) is 7.86. The molecule has 0 radical (unpaired) electrons. The summed E-state index contributed by atoms with van der Waals surface area (Å²) in [6.45, 7) is 12.2. The zero-order valence-electron chi connectivity index (χ0n) is 17.4. The quantitative estimate of drug-likeness (QED) is 0.402. The predicted molar refractivity (Wildman–Crippen MR) is 111 cm³/mol. The summed E-state index contributed by atoms with van der Waals surface area (Å²) in [5.74, 6) is 0. The maximum Gasteiger partial charge on any atom is 0.0722 e. The molecule has 6 heteroatoms. The molecule has 27 heavy (non-hydrogen) atoms. The molecule has 0 bridgehead atoms. The predicted octanol–water partition coefficient (Wildman–Crippen LogP) is 2.21. The van der Waals surface area contributed by atoms with Crippen molar-refractivity contribution >= 4 is 0 Å². The monoisotopic (exact) mass is 381 g/mol. The van der Waals surface area contributed by atoms with Crippen molar-refractivity contribution in [2.24, 2.45) is 17.2 Å². The van der Waals surface area contributed by atoms with Gasteiger partial charge in [0.05, 0.1) is 19.8 Å². The highest BCUT2D eigenvalue weighted by atomic mass is 16.5. The lowest BCUT2D eigenvalue weighted by Crippen LogP contribution is -2.13. The highest BCUT2D eigenvalue weighted by molar-refractivity contribution is 5.50. The van der Waals surface area contributed by atoms with Crippen LogP contribution in [-0.2, 0) is 34.0 Å². The summed E-state index contributed by atoms with van der Waals surface area (Å²) in [6.07, 6.45) is 2.61. The van der Waals surface area contributed by atoms with Gasteiger partial charge in [-0.05, 0) is 93.0 Å². The van der Waals surface area contributed by atoms with E-state index in [0.717, 1.165) is 19.3 Å². The Hall–Kier alpha value is -1.02. The molecule has 156 valence electrons. The largest absolute Gasteiger partial charge is 0.377 e. The normalized spacial score (nSPS) is 11.3. The lowest BCUT2D eigenvalue weighted by molar-refractivity contribution is 0.110. The molecule has 0 aromatic heterocycles. The summed E-state index contributed by atoms with van der Waals surface area (Å²) in [4.78, 5) is 0. The molecule has 0 unspecified atom stereocenters. The van der Waals surface area contributed by atoms with E-state index in [9.17, 15) is 0 Å². The molecule has 6 N–H and O–H groups in total. The summed E-state index contributed by atoms with van der Waals surface area (Å²) in [5.41, 5.74) is 24.1. The van der Waals surface area contributed by atoms with E-state index in [0.29, 0.717) is 59.3 Å². The molecule has 0 aliphatic rings. The lowest BCUT2D eigenvalue weighted by atomic mass is 9.89. The Balaban J connectivity index is 3.02. The number of nitrogens with two attached hydrogens (primary N) is 3. The van der Waals surface area contributed by atoms with Gasteiger partial charge in [0.1, 0.15) is 0 Å². The van der Waals surface area contributed by atoms with E-state index in [4.69, 9.17) is 31.4 Å². The van der Waals surface area contributed by atoms with Crippen LogP contribution in [0, 0.1) is 20.8 Å². The third-order valence-corrected chi connectivity index (χ3v) is 4.93. The molecule has 0 fully saturated rings. The van der Waals surface area contributed by atoms with Crippen molar-refractivity contribution in [2.45, 2.75) is 59.9 Å². The molecule has 0 spiro atoms. The van der Waals surface area contributed by atoms with Crippen LogP contribution in [0.1, 0.15) is 52.6 Å². The van der Waals surface area contributed by atoms with E-state index in [2.05, 4.69) is 20.8 Å². The Labute approximate surface area is 164 Å². The van der Waals surface area contributed by atoms with E-state index in [1.54, 1.807) is 0 Å². The Morgan fingerprint density at radius 3 is 1.00 bits per heavy atom. The average Bonchev–Trinajstić information content (AvgIpc) is 2.66. The molecule has 0 amide bonds. The first-order valence-electron chi connectivity index (χ1n) is 10.0. The van der Waals surface area contributed by atoms with E-state index < -0.39 is 0 Å². The van der Waals surface area contributed by atoms with Crippen LogP contribution in [0.25, 0.3) is 0 Å². The second kappa shape index (κ2) is 14.0. The number of hydrogen-bond donors (Lipinski definition) is 3. The van der Waals surface area contributed by atoms with Crippen molar-refractivity contribution in [3.63, 3.8) is 0 Å². The van der Waals surface area contributed by atoms with Gasteiger partial charge in [0.15, 0.2) is 0 Å². The van der Waals surface area contributed by atoms with E-state index in [-0.39, 0.29) is 0 Å². The lowest BCUT2D eigenvalue weighted by Gasteiger charge is -2.22. The fourth-order valence-electron chi connectivity index (χ4n) is 3.12. The van der Waals surface area contributed by atoms with Crippen LogP contribution in [-0.4, -0.2) is 39.5 Å². The third-order valence-electron chi connectivity index (χ3n) is 4.93. The molecule has 0 saturated heterocycles. The fraction of sp³-hybridized carbons (Fsp3) is 0.714. The fourth-order valence-corrected chi connectivity index (χ4v) is 3.12. The Bertz CT molecular complexity index is 453. The maximum atomic E-state index is 5.86. The number of benzene rings is 1. The van der Waals surface area contributed by atoms with Gasteiger partial charge >= 0.3 is 0 Å². The van der Waals surface area contributed by atoms with Crippen molar-refractivity contribution in [1.82, 2.24) is 0 Å². The smallest absolute Gasteiger partial charge is 0.0722 e. The van der Waals surface area contributed by atoms with E-state index in [1.165, 1.54) is 33.4 Å². The van der Waals surface area contributed by atoms with Gasteiger partial charge in [0.25, 0.3) is 0 Å². The van der Waals surface area contributed by atoms with E-state index >= 15 is 0 Å². The van der Waals surface area contributed by atoms with Crippen LogP contribution in [0.5, 0.6) is 0 Å². The molecular formula is C21H39N3O3. The minimum absolute atomic E-state index is 0.587. The van der Waals surface area contributed by atoms with Crippen LogP contribution in [0.15, 0.2) is 0 Å². The zero-order valence-corrected chi connectivity index (χ0v) is 17.4. The van der Waals surface area contributed by atoms with Crippen molar-refractivity contribution < 1.29 is 14.2 Å². The molecule has 0 saturated carbocycles. The summed E-state index contributed by atoms with van der Waals surface area (Å²) in [6, 6.07) is 0. The van der Waals surface area contributed by atoms with Crippen LogP contribution < -0.4 is 17.2 Å². The topological polar surface area (TPSA) is 106 Å². The second-order valence-electron chi connectivity index (χ2n) is 6.90. The van der Waals surface area contributed by atoms with Crippen LogP contribution in [0.2, 0.25) is 0 Å². The molecular weight excluding hydrogens is 342 g/mol. The van der Waals surface area contributed by atoms with Gasteiger partial charge in [0, 0.05) is 19.8 Å². The minimum Gasteiger partial charge on any atom is -0.377 e. The first-order chi connectivity index (χ1) is 13.1. The van der Waals surface area contributed by atoms with Gasteiger partial charge in [-0.2, -0.15) is 0 Å². The maximum absolute atomic E-state index is 5.86. The highest BCUT2D eigenvalue weighted by Gasteiger charge is 2.17. The van der Waals surface area contributed by atoms with Gasteiger partial charge < -0.3 is 31.4 Å². The van der Waals surface area contributed by atoms with Gasteiger partial charge in [-0.25, -0.2) is 0 Å². The molecule has 1 rings (SSSR count). The molecule has 0 heterocycles. The molecule has 0 aliphatic heterocycles. The number of hydrogen-bond acceptors (Lipinski definition) is 6. The summed E-state index contributed by atoms with van der Waals surface area (Å²) < 4.78 is 17.6. The van der Waals surface area contributed by atoms with Gasteiger partial charge in [-0.3, -0.25) is 0 Å². The number of rotatable bonds is 15. The number of ether oxygens (including phenoxy) is 3. The molecule has 0 atom stereocenters. The Morgan fingerprint density at radius 2 is 0.778 bits per heavy atom. The zero-order chi connectivity index (χ0) is 20.1. The van der Waals surface area contributed by atoms with Crippen LogP contribution >= 0.6 is 0 Å². The van der Waals surface area contributed by atoms with Gasteiger partial charge in [-0.1, -0.05) is 0 Å². The van der Waals surface area contributed by atoms with Gasteiger partial charge in [-0.15, -0.1) is 0 Å². The molecule has 1 aromatic carbocycles. The summed E-state index contributed by atoms with van der Waals surface area (Å²) in [7, 11) is 0. The minimum atomic E-state index is 0.587. The standard InChI is InChI=1S/C21H39N3O3/c1-16-19(13-25-10-4-7-22)17(2)21(15-27-12-6-9-24)18(3)20(16)14-26-11-5-8-23/h4-15,22-24H2,1-3H3. The second-order valence-corrected chi connectivity index (χ2v) is 6.90. The summed E-state index contributed by atoms with van der Waals surface area (Å²) in [5, 5.41) is 0. The van der Waals surface area contributed by atoms with Crippen molar-refractivity contribution in [3.05, 3.63) is 33.4 Å². The van der Waals surface area contributed by atoms with Crippen molar-refractivity contribution in [3.8, 4) is 0 Å². The van der Waals surface area contributed by atoms with Crippen LogP contribution in [0.4, 0.5) is 0 Å². The highest BCUT2D eigenvalue weighted by Crippen LogP contribution is 2.29. The Morgan fingerprint density at radius 1 is 0.519 bits per heavy atom. The van der Waals surface area contributed by atoms with E-state index in [1.807, 2.05) is 0 Å². The molecule has 0 aliphatic carbocycles. The average molecular weight is 382 g/mol.